The van der Waals surface area contributed by atoms with Crippen LogP contribution in [0.1, 0.15) is 21.5 Å². The quantitative estimate of drug-likeness (QED) is 0.210. The zero-order valence-corrected chi connectivity index (χ0v) is 23.1. The van der Waals surface area contributed by atoms with E-state index < -0.39 is 27.7 Å². The first-order chi connectivity index (χ1) is 19.6. The molecule has 11 heteroatoms. The molecule has 0 saturated carbocycles. The normalized spacial score (nSPS) is 11.2. The Labute approximate surface area is 237 Å². The van der Waals surface area contributed by atoms with Gasteiger partial charge < -0.3 is 10.1 Å². The van der Waals surface area contributed by atoms with E-state index in [4.69, 9.17) is 4.74 Å². The molecule has 0 fully saturated rings. The lowest BCUT2D eigenvalue weighted by Crippen LogP contribution is -2.26. The van der Waals surface area contributed by atoms with Gasteiger partial charge >= 0.3 is 0 Å². The van der Waals surface area contributed by atoms with Gasteiger partial charge in [0, 0.05) is 18.3 Å². The molecule has 0 saturated heterocycles. The molecular formula is C30H27FN4O5S. The smallest absolute Gasteiger partial charge is 0.271 e. The molecule has 4 aromatic carbocycles. The highest BCUT2D eigenvalue weighted by molar-refractivity contribution is 7.92. The first-order valence-corrected chi connectivity index (χ1v) is 13.8. The number of hydrogen-bond acceptors (Lipinski definition) is 6. The van der Waals surface area contributed by atoms with Crippen LogP contribution >= 0.6 is 0 Å². The second-order valence-corrected chi connectivity index (χ2v) is 10.9. The van der Waals surface area contributed by atoms with E-state index in [0.29, 0.717) is 28.3 Å². The molecule has 0 unspecified atom stereocenters. The summed E-state index contributed by atoms with van der Waals surface area (Å²) in [5.74, 6) is -0.801. The lowest BCUT2D eigenvalue weighted by Gasteiger charge is -2.19. The highest BCUT2D eigenvalue weighted by Gasteiger charge is 2.21. The molecule has 0 aliphatic carbocycles. The van der Waals surface area contributed by atoms with Crippen LogP contribution in [0.15, 0.2) is 107 Å². The third kappa shape index (κ3) is 7.76. The van der Waals surface area contributed by atoms with Crippen molar-refractivity contribution in [2.45, 2.75) is 11.8 Å². The van der Waals surface area contributed by atoms with Crippen molar-refractivity contribution in [1.29, 1.82) is 0 Å². The van der Waals surface area contributed by atoms with Gasteiger partial charge in [-0.15, -0.1) is 0 Å². The van der Waals surface area contributed by atoms with Crippen molar-refractivity contribution in [2.75, 3.05) is 23.3 Å². The van der Waals surface area contributed by atoms with Crippen molar-refractivity contribution >= 4 is 39.4 Å². The number of nitrogens with one attached hydrogen (secondary N) is 2. The van der Waals surface area contributed by atoms with Crippen LogP contribution in [0.25, 0.3) is 0 Å². The lowest BCUT2D eigenvalue weighted by atomic mass is 10.2. The Morgan fingerprint density at radius 2 is 1.54 bits per heavy atom. The summed E-state index contributed by atoms with van der Waals surface area (Å²) in [6, 6.07) is 24.8. The number of ether oxygens (including phenoxy) is 1. The Morgan fingerprint density at radius 1 is 0.902 bits per heavy atom. The highest BCUT2D eigenvalue weighted by atomic mass is 32.2. The van der Waals surface area contributed by atoms with E-state index in [9.17, 15) is 22.4 Å². The van der Waals surface area contributed by atoms with E-state index in [1.54, 1.807) is 60.7 Å². The molecule has 4 aromatic rings. The third-order valence-electron chi connectivity index (χ3n) is 5.93. The van der Waals surface area contributed by atoms with Gasteiger partial charge in [-0.2, -0.15) is 5.10 Å². The van der Waals surface area contributed by atoms with E-state index >= 15 is 0 Å². The molecule has 0 radical (unpaired) electrons. The number of nitrogens with zero attached hydrogens (tertiary/aromatic N) is 2. The van der Waals surface area contributed by atoms with Crippen LogP contribution in [0.2, 0.25) is 0 Å². The molecule has 0 bridgehead atoms. The lowest BCUT2D eigenvalue weighted by molar-refractivity contribution is -0.118. The molecule has 41 heavy (non-hydrogen) atoms. The average molecular weight is 575 g/mol. The maximum absolute atomic E-state index is 13.0. The summed E-state index contributed by atoms with van der Waals surface area (Å²) >= 11 is 0. The molecule has 0 aliphatic rings. The summed E-state index contributed by atoms with van der Waals surface area (Å²) in [6.45, 7) is 1.65. The molecule has 9 nitrogen and oxygen atoms in total. The number of amides is 2. The molecule has 0 atom stereocenters. The molecule has 210 valence electrons. The predicted molar refractivity (Wildman–Crippen MR) is 155 cm³/mol. The molecule has 0 aromatic heterocycles. The largest absolute Gasteiger partial charge is 0.484 e. The maximum Gasteiger partial charge on any atom is 0.271 e. The minimum Gasteiger partial charge on any atom is -0.484 e. The van der Waals surface area contributed by atoms with Crippen molar-refractivity contribution in [3.05, 3.63) is 120 Å². The SMILES string of the molecule is Cc1ccc(S(=O)(=O)N(C)c2ccc(C(=O)N/N=C\c3ccc(OCC(=O)Nc4ccc(F)cc4)cc3)cc2)cc1. The Balaban J connectivity index is 1.26. The van der Waals surface area contributed by atoms with Crippen molar-refractivity contribution in [1.82, 2.24) is 5.43 Å². The second kappa shape index (κ2) is 12.9. The van der Waals surface area contributed by atoms with Crippen molar-refractivity contribution in [3.63, 3.8) is 0 Å². The fraction of sp³-hybridized carbons (Fsp3) is 0.100. The number of aryl methyl sites for hydroxylation is 1. The molecule has 2 N–H and O–H groups in total. The Hall–Kier alpha value is -5.03. The number of sulfonamides is 1. The van der Waals surface area contributed by atoms with Crippen LogP contribution in [0.3, 0.4) is 0 Å². The molecule has 2 amide bonds. The van der Waals surface area contributed by atoms with Crippen LogP contribution in [0.5, 0.6) is 5.75 Å². The van der Waals surface area contributed by atoms with Gasteiger partial charge in [-0.1, -0.05) is 17.7 Å². The summed E-state index contributed by atoms with van der Waals surface area (Å²) in [7, 11) is -2.29. The highest BCUT2D eigenvalue weighted by Crippen LogP contribution is 2.23. The number of carbonyl (C=O) groups is 2. The standard InChI is InChI=1S/C30H27FN4O5S/c1-21-3-17-28(18-4-21)41(38,39)35(2)26-13-7-23(8-14-26)30(37)34-32-19-22-5-15-27(16-6-22)40-20-29(36)33-25-11-9-24(31)10-12-25/h3-19H,20H2,1-2H3,(H,33,36)(H,34,37)/b32-19-. The second-order valence-electron chi connectivity index (χ2n) is 8.94. The minimum atomic E-state index is -3.74. The van der Waals surface area contributed by atoms with Crippen LogP contribution in [-0.4, -0.2) is 40.1 Å². The fourth-order valence-electron chi connectivity index (χ4n) is 3.59. The van der Waals surface area contributed by atoms with E-state index in [1.807, 2.05) is 6.92 Å². The van der Waals surface area contributed by atoms with E-state index in [0.717, 1.165) is 9.87 Å². The van der Waals surface area contributed by atoms with Gasteiger partial charge in [0.1, 0.15) is 11.6 Å². The Morgan fingerprint density at radius 3 is 2.17 bits per heavy atom. The van der Waals surface area contributed by atoms with Gasteiger partial charge in [0.15, 0.2) is 6.61 Å². The van der Waals surface area contributed by atoms with Crippen LogP contribution in [-0.2, 0) is 14.8 Å². The minimum absolute atomic E-state index is 0.175. The third-order valence-corrected chi connectivity index (χ3v) is 7.73. The summed E-state index contributed by atoms with van der Waals surface area (Å²) in [5, 5.41) is 6.56. The number of hydrazone groups is 1. The van der Waals surface area contributed by atoms with Gasteiger partial charge in [0.2, 0.25) is 0 Å². The summed E-state index contributed by atoms with van der Waals surface area (Å²) < 4.78 is 45.4. The number of carbonyl (C=O) groups excluding carboxylic acids is 2. The topological polar surface area (TPSA) is 117 Å². The predicted octanol–water partition coefficient (Wildman–Crippen LogP) is 4.74. The number of rotatable bonds is 10. The number of anilines is 2. The summed E-state index contributed by atoms with van der Waals surface area (Å²) in [6.07, 6.45) is 1.44. The van der Waals surface area contributed by atoms with E-state index in [-0.39, 0.29) is 11.5 Å². The van der Waals surface area contributed by atoms with Crippen molar-refractivity contribution in [3.8, 4) is 5.75 Å². The van der Waals surface area contributed by atoms with Gasteiger partial charge in [-0.25, -0.2) is 18.2 Å². The fourth-order valence-corrected chi connectivity index (χ4v) is 4.78. The van der Waals surface area contributed by atoms with Gasteiger partial charge in [0.25, 0.3) is 21.8 Å². The van der Waals surface area contributed by atoms with Crippen molar-refractivity contribution in [2.24, 2.45) is 5.10 Å². The van der Waals surface area contributed by atoms with Crippen LogP contribution in [0, 0.1) is 12.7 Å². The zero-order chi connectivity index (χ0) is 29.4. The van der Waals surface area contributed by atoms with Gasteiger partial charge in [0.05, 0.1) is 16.8 Å². The first kappa shape index (κ1) is 29.0. The van der Waals surface area contributed by atoms with E-state index in [2.05, 4.69) is 15.8 Å². The maximum atomic E-state index is 13.0. The monoisotopic (exact) mass is 574 g/mol. The zero-order valence-electron chi connectivity index (χ0n) is 22.2. The summed E-state index contributed by atoms with van der Waals surface area (Å²) in [4.78, 5) is 24.7. The molecule has 0 spiro atoms. The van der Waals surface area contributed by atoms with Gasteiger partial charge in [-0.3, -0.25) is 13.9 Å². The molecule has 0 aliphatic heterocycles. The average Bonchev–Trinajstić information content (AvgIpc) is 2.98. The Bertz CT molecular complexity index is 1640. The molecule has 0 heterocycles. The van der Waals surface area contributed by atoms with Gasteiger partial charge in [-0.05, 0) is 97.4 Å². The molecule has 4 rings (SSSR count). The number of halogens is 1. The number of hydrogen-bond donors (Lipinski definition) is 2. The van der Waals surface area contributed by atoms with Crippen LogP contribution in [0.4, 0.5) is 15.8 Å². The molecular weight excluding hydrogens is 547 g/mol. The first-order valence-electron chi connectivity index (χ1n) is 12.4. The summed E-state index contributed by atoms with van der Waals surface area (Å²) in [5.41, 5.74) is 5.22. The van der Waals surface area contributed by atoms with Crippen LogP contribution < -0.4 is 19.8 Å². The number of benzene rings is 4. The Kier molecular flexibility index (Phi) is 9.10. The van der Waals surface area contributed by atoms with E-state index in [1.165, 1.54) is 49.7 Å². The van der Waals surface area contributed by atoms with Crippen molar-refractivity contribution < 1.29 is 27.1 Å².